The van der Waals surface area contributed by atoms with Gasteiger partial charge in [0.1, 0.15) is 0 Å². The molecule has 0 aliphatic carbocycles. The van der Waals surface area contributed by atoms with Gasteiger partial charge < -0.3 is 0 Å². The van der Waals surface area contributed by atoms with E-state index in [1.807, 2.05) is 6.08 Å². The van der Waals surface area contributed by atoms with Crippen LogP contribution in [0.3, 0.4) is 0 Å². The third-order valence-corrected chi connectivity index (χ3v) is 1.96. The van der Waals surface area contributed by atoms with Gasteiger partial charge in [-0.3, -0.25) is 0 Å². The molecule has 0 rings (SSSR count). The summed E-state index contributed by atoms with van der Waals surface area (Å²) in [5, 5.41) is 1.44. The average Bonchev–Trinajstić information content (AvgIpc) is 1.69. The van der Waals surface area contributed by atoms with Crippen molar-refractivity contribution in [2.24, 2.45) is 0 Å². The first-order valence-electron chi connectivity index (χ1n) is 2.82. The minimum atomic E-state index is 0. The van der Waals surface area contributed by atoms with Crippen LogP contribution in [-0.2, 0) is 18.3 Å². The number of halogens is 1. The molecule has 0 aliphatic heterocycles. The molecule has 0 saturated carbocycles. The first kappa shape index (κ1) is 11.6. The van der Waals surface area contributed by atoms with Crippen LogP contribution in [0, 0.1) is 0 Å². The van der Waals surface area contributed by atoms with Crippen molar-refractivity contribution in [1.82, 2.24) is 0 Å². The molecule has 0 nitrogen and oxygen atoms in total. The molecule has 8 heavy (non-hydrogen) atoms. The SMILES string of the molecule is Br.C=CCCC[CH2][Zn]. The van der Waals surface area contributed by atoms with Crippen LogP contribution in [0.2, 0.25) is 5.02 Å². The third kappa shape index (κ3) is 9.96. The standard InChI is InChI=1S/C6H11.BrH.Zn/c1-3-5-6-4-2;;/h3H,1-2,4-6H2;1H;. The summed E-state index contributed by atoms with van der Waals surface area (Å²) in [6.45, 7) is 3.64. The molecule has 0 aromatic rings. The van der Waals surface area contributed by atoms with Crippen LogP contribution in [0.1, 0.15) is 19.3 Å². The molecule has 45 valence electrons. The Hall–Kier alpha value is 0.843. The Morgan fingerprint density at radius 1 is 1.38 bits per heavy atom. The fraction of sp³-hybridized carbons (Fsp3) is 0.667. The van der Waals surface area contributed by atoms with Gasteiger partial charge in [-0.2, -0.15) is 0 Å². The molecular formula is C6H12BrZn. The monoisotopic (exact) mass is 227 g/mol. The van der Waals surface area contributed by atoms with Crippen LogP contribution in [0.25, 0.3) is 0 Å². The Balaban J connectivity index is 0. The van der Waals surface area contributed by atoms with Gasteiger partial charge in [-0.25, -0.2) is 0 Å². The van der Waals surface area contributed by atoms with Crippen molar-refractivity contribution in [3.8, 4) is 0 Å². The van der Waals surface area contributed by atoms with Crippen molar-refractivity contribution < 1.29 is 18.3 Å². The minimum absolute atomic E-state index is 0. The van der Waals surface area contributed by atoms with Gasteiger partial charge in [0.15, 0.2) is 0 Å². The van der Waals surface area contributed by atoms with Gasteiger partial charge in [-0.05, 0) is 0 Å². The first-order chi connectivity index (χ1) is 3.41. The van der Waals surface area contributed by atoms with Crippen LogP contribution >= 0.6 is 17.0 Å². The second kappa shape index (κ2) is 10.8. The molecule has 0 spiro atoms. The summed E-state index contributed by atoms with van der Waals surface area (Å²) >= 11 is 1.46. The van der Waals surface area contributed by atoms with Gasteiger partial charge in [0.05, 0.1) is 0 Å². The zero-order valence-electron chi connectivity index (χ0n) is 5.23. The Morgan fingerprint density at radius 2 is 2.00 bits per heavy atom. The Kier molecular flexibility index (Phi) is 15.6. The van der Waals surface area contributed by atoms with E-state index in [1.54, 1.807) is 0 Å². The quantitative estimate of drug-likeness (QED) is 0.395. The zero-order chi connectivity index (χ0) is 5.54. The molecule has 0 atom stereocenters. The van der Waals surface area contributed by atoms with Crippen LogP contribution in [0.15, 0.2) is 12.7 Å². The predicted octanol–water partition coefficient (Wildman–Crippen LogP) is 2.89. The summed E-state index contributed by atoms with van der Waals surface area (Å²) in [5.41, 5.74) is 0. The molecule has 0 unspecified atom stereocenters. The molecule has 2 heteroatoms. The second-order valence-corrected chi connectivity index (χ2v) is 3.12. The zero-order valence-corrected chi connectivity index (χ0v) is 9.91. The molecule has 0 aromatic heterocycles. The number of unbranched alkanes of at least 4 members (excludes halogenated alkanes) is 2. The average molecular weight is 229 g/mol. The van der Waals surface area contributed by atoms with Gasteiger partial charge in [-0.1, -0.05) is 0 Å². The molecule has 0 heterocycles. The van der Waals surface area contributed by atoms with Crippen molar-refractivity contribution in [3.63, 3.8) is 0 Å². The van der Waals surface area contributed by atoms with Crippen LogP contribution in [-0.4, -0.2) is 0 Å². The summed E-state index contributed by atoms with van der Waals surface area (Å²) in [6, 6.07) is 0. The molecule has 0 fully saturated rings. The van der Waals surface area contributed by atoms with Crippen molar-refractivity contribution >= 4 is 17.0 Å². The van der Waals surface area contributed by atoms with Gasteiger partial charge in [0, 0.05) is 0 Å². The van der Waals surface area contributed by atoms with Crippen molar-refractivity contribution in [1.29, 1.82) is 0 Å². The molecule has 0 N–H and O–H groups in total. The summed E-state index contributed by atoms with van der Waals surface area (Å²) in [7, 11) is 0. The summed E-state index contributed by atoms with van der Waals surface area (Å²) < 4.78 is 0. The van der Waals surface area contributed by atoms with Crippen molar-refractivity contribution in [3.05, 3.63) is 12.7 Å². The Labute approximate surface area is 72.2 Å². The molecular weight excluding hydrogens is 217 g/mol. The maximum atomic E-state index is 3.64. The summed E-state index contributed by atoms with van der Waals surface area (Å²) in [5.74, 6) is 0. The van der Waals surface area contributed by atoms with Crippen molar-refractivity contribution in [2.45, 2.75) is 24.3 Å². The Bertz CT molecular complexity index is 45.8. The molecule has 0 amide bonds. The fourth-order valence-corrected chi connectivity index (χ4v) is 1.21. The van der Waals surface area contributed by atoms with E-state index < -0.39 is 0 Å². The molecule has 0 aliphatic rings. The normalized spacial score (nSPS) is 7.75. The number of hydrogen-bond acceptors (Lipinski definition) is 0. The molecule has 0 radical (unpaired) electrons. The number of hydrogen-bond donors (Lipinski definition) is 0. The summed E-state index contributed by atoms with van der Waals surface area (Å²) in [6.07, 6.45) is 5.96. The summed E-state index contributed by atoms with van der Waals surface area (Å²) in [4.78, 5) is 0. The fourth-order valence-electron chi connectivity index (χ4n) is 0.465. The number of allylic oxidation sites excluding steroid dienone is 1. The van der Waals surface area contributed by atoms with E-state index in [-0.39, 0.29) is 17.0 Å². The van der Waals surface area contributed by atoms with Gasteiger partial charge in [0.25, 0.3) is 0 Å². The van der Waals surface area contributed by atoms with Gasteiger partial charge in [-0.15, -0.1) is 17.0 Å². The maximum absolute atomic E-state index is 3.64. The predicted molar refractivity (Wildman–Crippen MR) is 39.2 cm³/mol. The van der Waals surface area contributed by atoms with Crippen LogP contribution in [0.5, 0.6) is 0 Å². The van der Waals surface area contributed by atoms with E-state index in [2.05, 4.69) is 6.58 Å². The first-order valence-corrected chi connectivity index (χ1v) is 4.91. The Morgan fingerprint density at radius 3 is 2.38 bits per heavy atom. The molecule has 0 aromatic carbocycles. The van der Waals surface area contributed by atoms with E-state index in [9.17, 15) is 0 Å². The van der Waals surface area contributed by atoms with Gasteiger partial charge >= 0.3 is 55.2 Å². The third-order valence-electron chi connectivity index (χ3n) is 0.908. The van der Waals surface area contributed by atoms with Crippen molar-refractivity contribution in [2.75, 3.05) is 0 Å². The van der Waals surface area contributed by atoms with E-state index in [0.717, 1.165) is 0 Å². The number of rotatable bonds is 4. The van der Waals surface area contributed by atoms with Crippen LogP contribution in [0.4, 0.5) is 0 Å². The van der Waals surface area contributed by atoms with E-state index in [0.29, 0.717) is 0 Å². The van der Waals surface area contributed by atoms with E-state index >= 15 is 0 Å². The molecule has 0 saturated heterocycles. The topological polar surface area (TPSA) is 0 Å². The van der Waals surface area contributed by atoms with Gasteiger partial charge in [0.2, 0.25) is 0 Å². The molecule has 0 bridgehead atoms. The van der Waals surface area contributed by atoms with E-state index in [4.69, 9.17) is 0 Å². The van der Waals surface area contributed by atoms with E-state index in [1.165, 1.54) is 42.6 Å². The van der Waals surface area contributed by atoms with Crippen LogP contribution < -0.4 is 0 Å². The second-order valence-electron chi connectivity index (χ2n) is 1.64.